The average Bonchev–Trinajstić information content (AvgIpc) is 2.85. The number of carbonyl (C=O) groups excluding carboxylic acids is 2. The lowest BCUT2D eigenvalue weighted by atomic mass is 9.87. The Balaban J connectivity index is 1.43. The summed E-state index contributed by atoms with van der Waals surface area (Å²) in [7, 11) is 1.57. The SMILES string of the molecule is COc1ccc(C(=O)Nc2ccc3c(c2)N(CCOc2ccc(C(C)(C)C)cc2)C(=O)CO3)cc1. The summed E-state index contributed by atoms with van der Waals surface area (Å²) in [5.41, 5.74) is 2.96. The number of anilines is 2. The van der Waals surface area contributed by atoms with Crippen LogP contribution in [0, 0.1) is 0 Å². The van der Waals surface area contributed by atoms with Crippen LogP contribution in [-0.4, -0.2) is 38.7 Å². The number of fused-ring (bicyclic) bond motifs is 1. The highest BCUT2D eigenvalue weighted by atomic mass is 16.5. The lowest BCUT2D eigenvalue weighted by Gasteiger charge is -2.29. The third-order valence-corrected chi connectivity index (χ3v) is 5.82. The Labute approximate surface area is 205 Å². The Morgan fingerprint density at radius 1 is 1.00 bits per heavy atom. The van der Waals surface area contributed by atoms with Crippen LogP contribution in [0.3, 0.4) is 0 Å². The second kappa shape index (κ2) is 10.1. The molecule has 1 aliphatic rings. The number of ether oxygens (including phenoxy) is 3. The topological polar surface area (TPSA) is 77.1 Å². The van der Waals surface area contributed by atoms with Gasteiger partial charge >= 0.3 is 0 Å². The lowest BCUT2D eigenvalue weighted by Crippen LogP contribution is -2.41. The molecule has 0 aromatic heterocycles. The molecule has 4 rings (SSSR count). The second-order valence-electron chi connectivity index (χ2n) is 9.32. The third-order valence-electron chi connectivity index (χ3n) is 5.82. The van der Waals surface area contributed by atoms with Crippen LogP contribution in [0.1, 0.15) is 36.7 Å². The largest absolute Gasteiger partial charge is 0.497 e. The van der Waals surface area contributed by atoms with E-state index in [1.54, 1.807) is 54.5 Å². The minimum atomic E-state index is -0.260. The van der Waals surface area contributed by atoms with E-state index in [9.17, 15) is 9.59 Å². The van der Waals surface area contributed by atoms with Crippen LogP contribution in [0.5, 0.6) is 17.2 Å². The highest BCUT2D eigenvalue weighted by Gasteiger charge is 2.26. The Kier molecular flexibility index (Phi) is 6.96. The van der Waals surface area contributed by atoms with Crippen LogP contribution in [0.4, 0.5) is 11.4 Å². The van der Waals surface area contributed by atoms with E-state index in [0.29, 0.717) is 41.6 Å². The van der Waals surface area contributed by atoms with E-state index in [2.05, 4.69) is 38.2 Å². The first-order valence-electron chi connectivity index (χ1n) is 11.5. The Hall–Kier alpha value is -4.00. The standard InChI is InChI=1S/C28H30N2O5/c1-28(2,3)20-7-12-23(13-8-20)34-16-15-30-24-17-21(9-14-25(24)35-18-26(30)31)29-27(32)19-5-10-22(33-4)11-6-19/h5-14,17H,15-16,18H2,1-4H3,(H,29,32). The average molecular weight is 475 g/mol. The van der Waals surface area contributed by atoms with Crippen molar-refractivity contribution in [2.45, 2.75) is 26.2 Å². The molecular weight excluding hydrogens is 444 g/mol. The summed E-state index contributed by atoms with van der Waals surface area (Å²) in [5, 5.41) is 2.88. The summed E-state index contributed by atoms with van der Waals surface area (Å²) < 4.78 is 16.6. The lowest BCUT2D eigenvalue weighted by molar-refractivity contribution is -0.121. The third kappa shape index (κ3) is 5.74. The molecule has 1 heterocycles. The molecule has 2 amide bonds. The summed E-state index contributed by atoms with van der Waals surface area (Å²) in [4.78, 5) is 26.9. The van der Waals surface area contributed by atoms with Crippen LogP contribution in [0.2, 0.25) is 0 Å². The molecule has 0 spiro atoms. The van der Waals surface area contributed by atoms with E-state index in [4.69, 9.17) is 14.2 Å². The quantitative estimate of drug-likeness (QED) is 0.519. The number of nitrogens with zero attached hydrogens (tertiary/aromatic N) is 1. The van der Waals surface area contributed by atoms with Crippen molar-refractivity contribution in [1.29, 1.82) is 0 Å². The fourth-order valence-corrected chi connectivity index (χ4v) is 3.78. The van der Waals surface area contributed by atoms with Gasteiger partial charge in [-0.05, 0) is 65.6 Å². The van der Waals surface area contributed by atoms with Gasteiger partial charge in [0.15, 0.2) is 6.61 Å². The fourth-order valence-electron chi connectivity index (χ4n) is 3.78. The maximum absolute atomic E-state index is 12.7. The van der Waals surface area contributed by atoms with Gasteiger partial charge in [-0.15, -0.1) is 0 Å². The van der Waals surface area contributed by atoms with Crippen molar-refractivity contribution in [3.05, 3.63) is 77.9 Å². The number of rotatable bonds is 7. The van der Waals surface area contributed by atoms with Gasteiger partial charge in [0.05, 0.1) is 19.3 Å². The van der Waals surface area contributed by atoms with Crippen molar-refractivity contribution in [3.8, 4) is 17.2 Å². The van der Waals surface area contributed by atoms with E-state index in [1.165, 1.54) is 5.56 Å². The van der Waals surface area contributed by atoms with Crippen molar-refractivity contribution in [2.75, 3.05) is 37.1 Å². The zero-order valence-electron chi connectivity index (χ0n) is 20.5. The first-order valence-corrected chi connectivity index (χ1v) is 11.5. The van der Waals surface area contributed by atoms with E-state index in [-0.39, 0.29) is 23.8 Å². The molecule has 3 aromatic rings. The minimum absolute atomic E-state index is 0.0369. The molecule has 0 aliphatic carbocycles. The van der Waals surface area contributed by atoms with Gasteiger partial charge in [-0.25, -0.2) is 0 Å². The first kappa shape index (κ1) is 24.1. The molecule has 0 atom stereocenters. The van der Waals surface area contributed by atoms with E-state index < -0.39 is 0 Å². The summed E-state index contributed by atoms with van der Waals surface area (Å²) in [6, 6.07) is 20.1. The van der Waals surface area contributed by atoms with Crippen LogP contribution < -0.4 is 24.4 Å². The van der Waals surface area contributed by atoms with Crippen LogP contribution in [0.15, 0.2) is 66.7 Å². The monoisotopic (exact) mass is 474 g/mol. The summed E-state index contributed by atoms with van der Waals surface area (Å²) >= 11 is 0. The van der Waals surface area contributed by atoms with Crippen LogP contribution >= 0.6 is 0 Å². The number of methoxy groups -OCH3 is 1. The summed E-state index contributed by atoms with van der Waals surface area (Å²) in [6.45, 7) is 7.13. The molecule has 7 heteroatoms. The van der Waals surface area contributed by atoms with E-state index >= 15 is 0 Å². The fraction of sp³-hybridized carbons (Fsp3) is 0.286. The van der Waals surface area contributed by atoms with Crippen molar-refractivity contribution in [2.24, 2.45) is 0 Å². The minimum Gasteiger partial charge on any atom is -0.497 e. The van der Waals surface area contributed by atoms with Gasteiger partial charge in [-0.3, -0.25) is 9.59 Å². The van der Waals surface area contributed by atoms with Gasteiger partial charge in [-0.1, -0.05) is 32.9 Å². The van der Waals surface area contributed by atoms with Gasteiger partial charge < -0.3 is 24.4 Å². The van der Waals surface area contributed by atoms with Crippen molar-refractivity contribution >= 4 is 23.2 Å². The molecule has 0 unspecified atom stereocenters. The normalized spacial score (nSPS) is 13.0. The molecule has 3 aromatic carbocycles. The molecule has 1 aliphatic heterocycles. The molecule has 35 heavy (non-hydrogen) atoms. The Morgan fingerprint density at radius 2 is 1.69 bits per heavy atom. The molecule has 7 nitrogen and oxygen atoms in total. The predicted molar refractivity (Wildman–Crippen MR) is 136 cm³/mol. The maximum atomic E-state index is 12.7. The maximum Gasteiger partial charge on any atom is 0.265 e. The van der Waals surface area contributed by atoms with Crippen LogP contribution in [0.25, 0.3) is 0 Å². The Bertz CT molecular complexity index is 1200. The number of hydrogen-bond donors (Lipinski definition) is 1. The predicted octanol–water partition coefficient (Wildman–Crippen LogP) is 5.05. The number of amides is 2. The molecule has 0 fully saturated rings. The van der Waals surface area contributed by atoms with Crippen molar-refractivity contribution in [3.63, 3.8) is 0 Å². The van der Waals surface area contributed by atoms with Gasteiger partial charge in [0, 0.05) is 11.3 Å². The van der Waals surface area contributed by atoms with E-state index in [0.717, 1.165) is 5.75 Å². The molecule has 0 radical (unpaired) electrons. The molecule has 0 saturated heterocycles. The Morgan fingerprint density at radius 3 is 2.34 bits per heavy atom. The second-order valence-corrected chi connectivity index (χ2v) is 9.32. The summed E-state index contributed by atoms with van der Waals surface area (Å²) in [6.07, 6.45) is 0. The zero-order valence-corrected chi connectivity index (χ0v) is 20.5. The molecule has 182 valence electrons. The smallest absolute Gasteiger partial charge is 0.265 e. The van der Waals surface area contributed by atoms with E-state index in [1.807, 2.05) is 12.1 Å². The van der Waals surface area contributed by atoms with Crippen LogP contribution in [-0.2, 0) is 10.2 Å². The first-order chi connectivity index (χ1) is 16.7. The zero-order chi connectivity index (χ0) is 25.0. The number of hydrogen-bond acceptors (Lipinski definition) is 5. The van der Waals surface area contributed by atoms with Crippen molar-refractivity contribution < 1.29 is 23.8 Å². The molecule has 0 saturated carbocycles. The molecule has 0 bridgehead atoms. The number of benzene rings is 3. The highest BCUT2D eigenvalue weighted by Crippen LogP contribution is 2.34. The summed E-state index contributed by atoms with van der Waals surface area (Å²) in [5.74, 6) is 1.59. The molecule has 1 N–H and O–H groups in total. The van der Waals surface area contributed by atoms with Crippen molar-refractivity contribution in [1.82, 2.24) is 0 Å². The van der Waals surface area contributed by atoms with Gasteiger partial charge in [0.2, 0.25) is 0 Å². The van der Waals surface area contributed by atoms with Gasteiger partial charge in [0.1, 0.15) is 23.9 Å². The number of carbonyl (C=O) groups is 2. The highest BCUT2D eigenvalue weighted by molar-refractivity contribution is 6.05. The molecular formula is C28H30N2O5. The van der Waals surface area contributed by atoms with Gasteiger partial charge in [0.25, 0.3) is 11.8 Å². The van der Waals surface area contributed by atoms with Gasteiger partial charge in [-0.2, -0.15) is 0 Å². The number of nitrogens with one attached hydrogen (secondary N) is 1.